The van der Waals surface area contributed by atoms with Crippen molar-refractivity contribution < 1.29 is 14.6 Å². The van der Waals surface area contributed by atoms with Crippen LogP contribution < -0.4 is 10.2 Å². The number of rotatable bonds is 7. The lowest BCUT2D eigenvalue weighted by Gasteiger charge is -2.16. The van der Waals surface area contributed by atoms with Crippen LogP contribution in [0.4, 0.5) is 0 Å². The van der Waals surface area contributed by atoms with Crippen LogP contribution >= 0.6 is 0 Å². The summed E-state index contributed by atoms with van der Waals surface area (Å²) in [5.74, 6) is -0.126. The second-order valence-electron chi connectivity index (χ2n) is 6.88. The monoisotopic (exact) mass is 388 g/mol. The molecule has 0 aliphatic carbocycles. The van der Waals surface area contributed by atoms with Gasteiger partial charge in [-0.1, -0.05) is 60.7 Å². The van der Waals surface area contributed by atoms with Crippen molar-refractivity contribution in [2.75, 3.05) is 0 Å². The average Bonchev–Trinajstić information content (AvgIpc) is 2.71. The smallest absolute Gasteiger partial charge is 0.252 e. The Kier molecular flexibility index (Phi) is 6.63. The van der Waals surface area contributed by atoms with Crippen molar-refractivity contribution >= 4 is 12.1 Å². The average molecular weight is 388 g/mol. The molecule has 3 aromatic rings. The quantitative estimate of drug-likeness (QED) is 0.464. The first-order valence-electron chi connectivity index (χ1n) is 9.47. The zero-order chi connectivity index (χ0) is 20.6. The molecular weight excluding hydrogens is 364 g/mol. The Morgan fingerprint density at radius 2 is 1.55 bits per heavy atom. The van der Waals surface area contributed by atoms with Crippen LogP contribution in [0.25, 0.3) is 0 Å². The number of nitrogens with one attached hydrogen (secondary N) is 1. The molecule has 0 saturated heterocycles. The fraction of sp³-hybridized carbons (Fsp3) is 0.167. The molecule has 2 N–H and O–H groups in total. The van der Waals surface area contributed by atoms with Gasteiger partial charge in [0.1, 0.15) is 11.5 Å². The second-order valence-corrected chi connectivity index (χ2v) is 6.88. The molecule has 148 valence electrons. The van der Waals surface area contributed by atoms with E-state index < -0.39 is 5.92 Å². The molecule has 0 aliphatic heterocycles. The maximum Gasteiger partial charge on any atom is 0.252 e. The predicted octanol–water partition coefficient (Wildman–Crippen LogP) is 4.46. The van der Waals surface area contributed by atoms with Crippen LogP contribution in [0, 0.1) is 0 Å². The number of benzene rings is 3. The summed E-state index contributed by atoms with van der Waals surface area (Å²) < 4.78 is 5.55. The number of ether oxygens (including phenoxy) is 1. The van der Waals surface area contributed by atoms with E-state index in [0.717, 1.165) is 11.1 Å². The highest BCUT2D eigenvalue weighted by Gasteiger charge is 2.22. The zero-order valence-electron chi connectivity index (χ0n) is 16.4. The summed E-state index contributed by atoms with van der Waals surface area (Å²) >= 11 is 0. The minimum atomic E-state index is -0.482. The number of phenols is 1. The number of carbonyl (C=O) groups is 1. The van der Waals surface area contributed by atoms with Gasteiger partial charge in [0.15, 0.2) is 0 Å². The van der Waals surface area contributed by atoms with Crippen LogP contribution in [-0.4, -0.2) is 23.3 Å². The fourth-order valence-electron chi connectivity index (χ4n) is 2.99. The molecule has 3 rings (SSSR count). The van der Waals surface area contributed by atoms with Gasteiger partial charge in [0.25, 0.3) is 5.91 Å². The Hall–Kier alpha value is -3.60. The summed E-state index contributed by atoms with van der Waals surface area (Å²) in [6.07, 6.45) is 1.43. The van der Waals surface area contributed by atoms with E-state index >= 15 is 0 Å². The lowest BCUT2D eigenvalue weighted by molar-refractivity contribution is -0.121. The van der Waals surface area contributed by atoms with E-state index in [1.54, 1.807) is 12.1 Å². The number of nitrogens with zero attached hydrogens (tertiary/aromatic N) is 1. The summed E-state index contributed by atoms with van der Waals surface area (Å²) in [5.41, 5.74) is 4.83. The number of hydrazone groups is 1. The molecule has 1 amide bonds. The van der Waals surface area contributed by atoms with Crippen LogP contribution in [0.15, 0.2) is 84.0 Å². The Morgan fingerprint density at radius 1 is 0.966 bits per heavy atom. The van der Waals surface area contributed by atoms with Gasteiger partial charge < -0.3 is 9.84 Å². The molecule has 0 heterocycles. The van der Waals surface area contributed by atoms with Crippen molar-refractivity contribution in [1.82, 2.24) is 5.43 Å². The molecule has 3 aromatic carbocycles. The Labute approximate surface area is 170 Å². The predicted molar refractivity (Wildman–Crippen MR) is 114 cm³/mol. The molecule has 0 bridgehead atoms. The van der Waals surface area contributed by atoms with E-state index in [-0.39, 0.29) is 17.8 Å². The number of hydrogen-bond donors (Lipinski definition) is 2. The third-order valence-electron chi connectivity index (χ3n) is 4.28. The molecule has 5 nitrogen and oxygen atoms in total. The first-order chi connectivity index (χ1) is 14.0. The second kappa shape index (κ2) is 9.55. The van der Waals surface area contributed by atoms with E-state index in [1.165, 1.54) is 12.3 Å². The van der Waals surface area contributed by atoms with E-state index in [4.69, 9.17) is 4.74 Å². The minimum absolute atomic E-state index is 0.0149. The van der Waals surface area contributed by atoms with E-state index in [0.29, 0.717) is 11.3 Å². The van der Waals surface area contributed by atoms with Gasteiger partial charge in [0.2, 0.25) is 0 Å². The third kappa shape index (κ3) is 5.45. The molecule has 29 heavy (non-hydrogen) atoms. The molecule has 0 saturated carbocycles. The van der Waals surface area contributed by atoms with Gasteiger partial charge in [-0.3, -0.25) is 4.79 Å². The van der Waals surface area contributed by atoms with Crippen molar-refractivity contribution in [3.63, 3.8) is 0 Å². The summed E-state index contributed by atoms with van der Waals surface area (Å²) in [6, 6.07) is 24.1. The van der Waals surface area contributed by atoms with E-state index in [9.17, 15) is 9.90 Å². The van der Waals surface area contributed by atoms with Crippen LogP contribution in [0.5, 0.6) is 11.5 Å². The lowest BCUT2D eigenvalue weighted by Crippen LogP contribution is -2.26. The van der Waals surface area contributed by atoms with Gasteiger partial charge >= 0.3 is 0 Å². The number of hydrogen-bond acceptors (Lipinski definition) is 4. The Bertz CT molecular complexity index is 930. The Balaban J connectivity index is 1.75. The van der Waals surface area contributed by atoms with Crippen molar-refractivity contribution in [3.05, 3.63) is 95.6 Å². The lowest BCUT2D eigenvalue weighted by atomic mass is 9.91. The van der Waals surface area contributed by atoms with Crippen LogP contribution in [-0.2, 0) is 4.79 Å². The topological polar surface area (TPSA) is 70.9 Å². The summed E-state index contributed by atoms with van der Waals surface area (Å²) in [5, 5.41) is 14.2. The SMILES string of the molecule is CC(C)Oc1ccc(/C=N\NC(=O)C(c2ccccc2)c2ccccc2)c(O)c1. The number of aromatic hydroxyl groups is 1. The van der Waals surface area contributed by atoms with Crippen LogP contribution in [0.1, 0.15) is 36.5 Å². The normalized spacial score (nSPS) is 11.2. The van der Waals surface area contributed by atoms with E-state index in [1.807, 2.05) is 74.5 Å². The van der Waals surface area contributed by atoms with Crippen molar-refractivity contribution in [2.24, 2.45) is 5.10 Å². The van der Waals surface area contributed by atoms with Gasteiger partial charge in [-0.25, -0.2) is 5.43 Å². The van der Waals surface area contributed by atoms with Crippen molar-refractivity contribution in [1.29, 1.82) is 0 Å². The number of carbonyl (C=O) groups excluding carboxylic acids is 1. The van der Waals surface area contributed by atoms with Crippen LogP contribution in [0.3, 0.4) is 0 Å². The molecule has 0 aliphatic rings. The zero-order valence-corrected chi connectivity index (χ0v) is 16.4. The largest absolute Gasteiger partial charge is 0.507 e. The Morgan fingerprint density at radius 3 is 2.07 bits per heavy atom. The first kappa shape index (κ1) is 20.1. The highest BCUT2D eigenvalue weighted by Crippen LogP contribution is 2.25. The standard InChI is InChI=1S/C24H24N2O3/c1-17(2)29-21-14-13-20(22(27)15-21)16-25-26-24(28)23(18-9-5-3-6-10-18)19-11-7-4-8-12-19/h3-17,23,27H,1-2H3,(H,26,28)/b25-16-. The molecule has 0 radical (unpaired) electrons. The highest BCUT2D eigenvalue weighted by molar-refractivity contribution is 5.89. The third-order valence-corrected chi connectivity index (χ3v) is 4.28. The van der Waals surface area contributed by atoms with E-state index in [2.05, 4.69) is 10.5 Å². The molecule has 0 spiro atoms. The summed E-state index contributed by atoms with van der Waals surface area (Å²) in [6.45, 7) is 3.83. The van der Waals surface area contributed by atoms with Gasteiger partial charge in [-0.15, -0.1) is 0 Å². The maximum absolute atomic E-state index is 12.9. The molecule has 5 heteroatoms. The minimum Gasteiger partial charge on any atom is -0.507 e. The summed E-state index contributed by atoms with van der Waals surface area (Å²) in [7, 11) is 0. The van der Waals surface area contributed by atoms with Gasteiger partial charge in [0.05, 0.1) is 18.2 Å². The molecule has 0 fully saturated rings. The van der Waals surface area contributed by atoms with Gasteiger partial charge in [0, 0.05) is 11.6 Å². The maximum atomic E-state index is 12.9. The molecule has 0 atom stereocenters. The van der Waals surface area contributed by atoms with Gasteiger partial charge in [-0.2, -0.15) is 5.10 Å². The summed E-state index contributed by atoms with van der Waals surface area (Å²) in [4.78, 5) is 12.9. The molecule has 0 aromatic heterocycles. The van der Waals surface area contributed by atoms with Gasteiger partial charge in [-0.05, 0) is 37.1 Å². The molecular formula is C24H24N2O3. The van der Waals surface area contributed by atoms with Crippen molar-refractivity contribution in [2.45, 2.75) is 25.9 Å². The number of amides is 1. The fourth-order valence-corrected chi connectivity index (χ4v) is 2.99. The van der Waals surface area contributed by atoms with Crippen molar-refractivity contribution in [3.8, 4) is 11.5 Å². The van der Waals surface area contributed by atoms with Crippen LogP contribution in [0.2, 0.25) is 0 Å². The highest BCUT2D eigenvalue weighted by atomic mass is 16.5. The number of phenolic OH excluding ortho intramolecular Hbond substituents is 1. The first-order valence-corrected chi connectivity index (χ1v) is 9.47. The molecule has 0 unspecified atom stereocenters.